The van der Waals surface area contributed by atoms with Crippen LogP contribution in [0.25, 0.3) is 11.3 Å². The molecule has 0 saturated carbocycles. The topological polar surface area (TPSA) is 58.8 Å². The molecular formula is C15H14BrN3O. The first kappa shape index (κ1) is 14.5. The minimum absolute atomic E-state index is 0.500. The molecule has 0 radical (unpaired) electrons. The zero-order chi connectivity index (χ0) is 14.8. The zero-order valence-electron chi connectivity index (χ0n) is 11.5. The van der Waals surface area contributed by atoms with E-state index < -0.39 is 5.41 Å². The van der Waals surface area contributed by atoms with E-state index in [-0.39, 0.29) is 0 Å². The molecule has 0 bridgehead atoms. The van der Waals surface area contributed by atoms with Crippen molar-refractivity contribution < 1.29 is 4.74 Å². The van der Waals surface area contributed by atoms with Crippen LogP contribution in [0.3, 0.4) is 0 Å². The maximum atomic E-state index is 9.19. The van der Waals surface area contributed by atoms with Gasteiger partial charge in [0.25, 0.3) is 0 Å². The number of benzene rings is 1. The van der Waals surface area contributed by atoms with Gasteiger partial charge in [-0.1, -0.05) is 15.9 Å². The molecule has 1 aromatic heterocycles. The molecule has 2 rings (SSSR count). The Balaban J connectivity index is 2.58. The van der Waals surface area contributed by atoms with Crippen LogP contribution in [0.15, 0.2) is 34.9 Å². The summed E-state index contributed by atoms with van der Waals surface area (Å²) in [5.41, 5.74) is 0.866. The summed E-state index contributed by atoms with van der Waals surface area (Å²) in [6, 6.07) is 9.73. The quantitative estimate of drug-likeness (QED) is 0.860. The van der Waals surface area contributed by atoms with Crippen molar-refractivity contribution in [3.63, 3.8) is 0 Å². The van der Waals surface area contributed by atoms with E-state index in [0.29, 0.717) is 5.82 Å². The van der Waals surface area contributed by atoms with E-state index >= 15 is 0 Å². The first-order valence-electron chi connectivity index (χ1n) is 6.06. The number of hydrogen-bond acceptors (Lipinski definition) is 4. The summed E-state index contributed by atoms with van der Waals surface area (Å²) in [6.07, 6.45) is 1.66. The van der Waals surface area contributed by atoms with Crippen molar-refractivity contribution in [2.75, 3.05) is 7.11 Å². The van der Waals surface area contributed by atoms with E-state index in [4.69, 9.17) is 4.74 Å². The largest absolute Gasteiger partial charge is 0.496 e. The number of nitriles is 1. The molecule has 0 unspecified atom stereocenters. The molecule has 0 amide bonds. The number of nitrogens with zero attached hydrogens (tertiary/aromatic N) is 3. The minimum atomic E-state index is -0.727. The van der Waals surface area contributed by atoms with Crippen LogP contribution in [-0.4, -0.2) is 17.1 Å². The second kappa shape index (κ2) is 5.59. The van der Waals surface area contributed by atoms with Gasteiger partial charge < -0.3 is 4.74 Å². The summed E-state index contributed by atoms with van der Waals surface area (Å²) in [6.45, 7) is 3.59. The fourth-order valence-electron chi connectivity index (χ4n) is 1.74. The van der Waals surface area contributed by atoms with Crippen molar-refractivity contribution in [3.05, 3.63) is 40.8 Å². The molecule has 0 N–H and O–H groups in total. The van der Waals surface area contributed by atoms with E-state index in [2.05, 4.69) is 32.0 Å². The fraction of sp³-hybridized carbons (Fsp3) is 0.267. The molecule has 0 saturated heterocycles. The summed E-state index contributed by atoms with van der Waals surface area (Å²) in [5, 5.41) is 9.19. The maximum Gasteiger partial charge on any atom is 0.148 e. The van der Waals surface area contributed by atoms with Crippen LogP contribution in [0.2, 0.25) is 0 Å². The summed E-state index contributed by atoms with van der Waals surface area (Å²) in [7, 11) is 1.62. The van der Waals surface area contributed by atoms with Gasteiger partial charge in [-0.3, -0.25) is 0 Å². The van der Waals surface area contributed by atoms with E-state index in [0.717, 1.165) is 21.5 Å². The van der Waals surface area contributed by atoms with Crippen LogP contribution in [0, 0.1) is 11.3 Å². The molecule has 1 aromatic carbocycles. The second-order valence-electron chi connectivity index (χ2n) is 4.85. The first-order chi connectivity index (χ1) is 9.47. The van der Waals surface area contributed by atoms with Gasteiger partial charge in [0.2, 0.25) is 0 Å². The lowest BCUT2D eigenvalue weighted by Gasteiger charge is -2.15. The summed E-state index contributed by atoms with van der Waals surface area (Å²) in [5.74, 6) is 1.23. The molecule has 0 aliphatic rings. The highest BCUT2D eigenvalue weighted by Crippen LogP contribution is 2.32. The third-order valence-corrected chi connectivity index (χ3v) is 3.42. The molecule has 0 atom stereocenters. The molecule has 0 aliphatic heterocycles. The van der Waals surface area contributed by atoms with E-state index in [1.165, 1.54) is 0 Å². The lowest BCUT2D eigenvalue weighted by molar-refractivity contribution is 0.416. The number of rotatable bonds is 3. The Hall–Kier alpha value is -1.93. The van der Waals surface area contributed by atoms with Gasteiger partial charge in [-0.25, -0.2) is 9.97 Å². The average Bonchev–Trinajstić information content (AvgIpc) is 2.47. The summed E-state index contributed by atoms with van der Waals surface area (Å²) < 4.78 is 6.30. The van der Waals surface area contributed by atoms with E-state index in [1.54, 1.807) is 33.2 Å². The standard InChI is InChI=1S/C15H14BrN3O/c1-15(2,9-17)14-18-7-6-12(19-14)11-8-10(16)4-5-13(11)20-3/h4-8H,1-3H3. The van der Waals surface area contributed by atoms with Crippen molar-refractivity contribution >= 4 is 15.9 Å². The first-order valence-corrected chi connectivity index (χ1v) is 6.86. The zero-order valence-corrected chi connectivity index (χ0v) is 13.1. The van der Waals surface area contributed by atoms with Crippen molar-refractivity contribution in [3.8, 4) is 23.1 Å². The number of aromatic nitrogens is 2. The summed E-state index contributed by atoms with van der Waals surface area (Å²) >= 11 is 3.44. The smallest absolute Gasteiger partial charge is 0.148 e. The van der Waals surface area contributed by atoms with E-state index in [9.17, 15) is 5.26 Å². The van der Waals surface area contributed by atoms with Crippen LogP contribution in [-0.2, 0) is 5.41 Å². The normalized spacial score (nSPS) is 10.9. The van der Waals surface area contributed by atoms with Crippen molar-refractivity contribution in [1.29, 1.82) is 5.26 Å². The molecule has 1 heterocycles. The molecule has 2 aromatic rings. The lowest BCUT2D eigenvalue weighted by Crippen LogP contribution is -2.18. The Labute approximate surface area is 126 Å². The van der Waals surface area contributed by atoms with Gasteiger partial charge in [0.1, 0.15) is 17.0 Å². The van der Waals surface area contributed by atoms with Crippen molar-refractivity contribution in [2.45, 2.75) is 19.3 Å². The molecule has 0 fully saturated rings. The van der Waals surface area contributed by atoms with Crippen LogP contribution < -0.4 is 4.74 Å². The average molecular weight is 332 g/mol. The van der Waals surface area contributed by atoms with Crippen LogP contribution >= 0.6 is 15.9 Å². The van der Waals surface area contributed by atoms with Gasteiger partial charge in [-0.2, -0.15) is 5.26 Å². The number of hydrogen-bond donors (Lipinski definition) is 0. The van der Waals surface area contributed by atoms with Crippen molar-refractivity contribution in [2.24, 2.45) is 0 Å². The molecule has 102 valence electrons. The Morgan fingerprint density at radius 1 is 1.30 bits per heavy atom. The fourth-order valence-corrected chi connectivity index (χ4v) is 2.10. The highest BCUT2D eigenvalue weighted by molar-refractivity contribution is 9.10. The van der Waals surface area contributed by atoms with E-state index in [1.807, 2.05) is 18.2 Å². The van der Waals surface area contributed by atoms with Crippen LogP contribution in [0.5, 0.6) is 5.75 Å². The molecular weight excluding hydrogens is 318 g/mol. The van der Waals surface area contributed by atoms with Crippen LogP contribution in [0.4, 0.5) is 0 Å². The third-order valence-electron chi connectivity index (χ3n) is 2.93. The van der Waals surface area contributed by atoms with Gasteiger partial charge in [0.05, 0.1) is 18.9 Å². The Kier molecular flexibility index (Phi) is 4.05. The third kappa shape index (κ3) is 2.81. The Bertz CT molecular complexity index is 677. The highest BCUT2D eigenvalue weighted by Gasteiger charge is 2.24. The van der Waals surface area contributed by atoms with Gasteiger partial charge in [0, 0.05) is 16.2 Å². The second-order valence-corrected chi connectivity index (χ2v) is 5.76. The molecule has 4 nitrogen and oxygen atoms in total. The van der Waals surface area contributed by atoms with Crippen molar-refractivity contribution in [1.82, 2.24) is 9.97 Å². The van der Waals surface area contributed by atoms with Crippen LogP contribution in [0.1, 0.15) is 19.7 Å². The van der Waals surface area contributed by atoms with Gasteiger partial charge in [-0.15, -0.1) is 0 Å². The predicted molar refractivity (Wildman–Crippen MR) is 80.4 cm³/mol. The predicted octanol–water partition coefficient (Wildman–Crippen LogP) is 3.72. The summed E-state index contributed by atoms with van der Waals surface area (Å²) in [4.78, 5) is 8.70. The Morgan fingerprint density at radius 3 is 2.70 bits per heavy atom. The minimum Gasteiger partial charge on any atom is -0.496 e. The Morgan fingerprint density at radius 2 is 2.05 bits per heavy atom. The molecule has 5 heteroatoms. The molecule has 20 heavy (non-hydrogen) atoms. The van der Waals surface area contributed by atoms with Gasteiger partial charge in [-0.05, 0) is 38.1 Å². The lowest BCUT2D eigenvalue weighted by atomic mass is 9.94. The number of halogens is 1. The van der Waals surface area contributed by atoms with Gasteiger partial charge >= 0.3 is 0 Å². The SMILES string of the molecule is COc1ccc(Br)cc1-c1ccnc(C(C)(C)C#N)n1. The molecule has 0 spiro atoms. The monoisotopic (exact) mass is 331 g/mol. The number of ether oxygens (including phenoxy) is 1. The van der Waals surface area contributed by atoms with Gasteiger partial charge in [0.15, 0.2) is 0 Å². The molecule has 0 aliphatic carbocycles. The maximum absolute atomic E-state index is 9.19. The highest BCUT2D eigenvalue weighted by atomic mass is 79.9. The number of methoxy groups -OCH3 is 1.